The number of rotatable bonds is 2. The molecule has 1 aromatic heterocycles. The minimum atomic E-state index is -0.579. The molecule has 3 nitrogen and oxygen atoms in total. The highest BCUT2D eigenvalue weighted by molar-refractivity contribution is 5.79. The smallest absolute Gasteiger partial charge is 0.108 e. The van der Waals surface area contributed by atoms with Crippen LogP contribution in [0.15, 0.2) is 36.5 Å². The van der Waals surface area contributed by atoms with Gasteiger partial charge in [0.25, 0.3) is 0 Å². The van der Waals surface area contributed by atoms with E-state index >= 15 is 0 Å². The van der Waals surface area contributed by atoms with E-state index in [1.807, 2.05) is 37.3 Å². The van der Waals surface area contributed by atoms with Crippen molar-refractivity contribution in [3.63, 3.8) is 0 Å². The summed E-state index contributed by atoms with van der Waals surface area (Å²) in [6.07, 6.45) is 3.12. The highest BCUT2D eigenvalue weighted by Gasteiger charge is 2.38. The zero-order valence-electron chi connectivity index (χ0n) is 10.5. The fraction of sp³-hybridized carbons (Fsp3) is 0.400. The van der Waals surface area contributed by atoms with E-state index in [0.717, 1.165) is 35.9 Å². The maximum atomic E-state index is 10.5. The van der Waals surface area contributed by atoms with Crippen LogP contribution in [0.4, 0.5) is 0 Å². The molecule has 1 saturated heterocycles. The van der Waals surface area contributed by atoms with Crippen LogP contribution in [-0.2, 0) is 4.74 Å². The van der Waals surface area contributed by atoms with Crippen LogP contribution in [0.5, 0.6) is 0 Å². The molecule has 1 aliphatic rings. The van der Waals surface area contributed by atoms with Gasteiger partial charge in [-0.15, -0.1) is 0 Å². The molecule has 2 unspecified atom stereocenters. The third-order valence-corrected chi connectivity index (χ3v) is 3.77. The highest BCUT2D eigenvalue weighted by atomic mass is 16.5. The molecule has 0 aliphatic carbocycles. The van der Waals surface area contributed by atoms with Gasteiger partial charge in [-0.3, -0.25) is 4.98 Å². The first-order valence-corrected chi connectivity index (χ1v) is 6.36. The average molecular weight is 243 g/mol. The average Bonchev–Trinajstić information content (AvgIpc) is 2.85. The van der Waals surface area contributed by atoms with Crippen LogP contribution in [0.25, 0.3) is 10.9 Å². The van der Waals surface area contributed by atoms with Crippen LogP contribution in [0, 0.1) is 0 Å². The molecule has 0 radical (unpaired) electrons. The van der Waals surface area contributed by atoms with E-state index in [2.05, 4.69) is 4.98 Å². The predicted octanol–water partition coefficient (Wildman–Crippen LogP) is 2.84. The Morgan fingerprint density at radius 2 is 2.28 bits per heavy atom. The van der Waals surface area contributed by atoms with Crippen molar-refractivity contribution < 1.29 is 9.84 Å². The Morgan fingerprint density at radius 3 is 3.06 bits per heavy atom. The second kappa shape index (κ2) is 4.34. The number of aliphatic hydroxyl groups excluding tert-OH is 1. The lowest BCUT2D eigenvalue weighted by atomic mass is 9.90. The molecular weight excluding hydrogens is 226 g/mol. The fourth-order valence-electron chi connectivity index (χ4n) is 2.63. The minimum Gasteiger partial charge on any atom is -0.385 e. The van der Waals surface area contributed by atoms with Gasteiger partial charge in [-0.2, -0.15) is 0 Å². The number of hydrogen-bond donors (Lipinski definition) is 1. The lowest BCUT2D eigenvalue weighted by molar-refractivity contribution is -0.0795. The van der Waals surface area contributed by atoms with Crippen LogP contribution >= 0.6 is 0 Å². The van der Waals surface area contributed by atoms with Crippen molar-refractivity contribution in [2.24, 2.45) is 0 Å². The van der Waals surface area contributed by atoms with Gasteiger partial charge in [0.2, 0.25) is 0 Å². The summed E-state index contributed by atoms with van der Waals surface area (Å²) < 4.78 is 5.70. The molecule has 94 valence electrons. The van der Waals surface area contributed by atoms with Crippen molar-refractivity contribution in [1.82, 2.24) is 4.98 Å². The number of aliphatic hydroxyl groups is 1. The number of pyridine rings is 1. The monoisotopic (exact) mass is 243 g/mol. The third-order valence-electron chi connectivity index (χ3n) is 3.77. The Balaban J connectivity index is 1.98. The molecule has 0 amide bonds. The van der Waals surface area contributed by atoms with Gasteiger partial charge in [-0.05, 0) is 43.5 Å². The van der Waals surface area contributed by atoms with E-state index < -0.39 is 11.7 Å². The van der Waals surface area contributed by atoms with Crippen LogP contribution in [0.2, 0.25) is 0 Å². The van der Waals surface area contributed by atoms with E-state index in [-0.39, 0.29) is 0 Å². The standard InChI is InChI=1S/C15H17NO2/c1-15(7-3-9-18-15)14(17)12-5-6-13-11(10-12)4-2-8-16-13/h2,4-6,8,10,14,17H,3,7,9H2,1H3. The molecule has 0 spiro atoms. The van der Waals surface area contributed by atoms with Gasteiger partial charge >= 0.3 is 0 Å². The second-order valence-electron chi connectivity index (χ2n) is 5.12. The molecule has 1 N–H and O–H groups in total. The number of fused-ring (bicyclic) bond motifs is 1. The molecule has 2 aromatic rings. The maximum Gasteiger partial charge on any atom is 0.108 e. The molecule has 2 atom stereocenters. The first kappa shape index (κ1) is 11.6. The lowest BCUT2D eigenvalue weighted by Crippen LogP contribution is -2.31. The number of benzene rings is 1. The molecule has 1 aliphatic heterocycles. The van der Waals surface area contributed by atoms with Crippen LogP contribution in [0.1, 0.15) is 31.4 Å². The summed E-state index contributed by atoms with van der Waals surface area (Å²) in [6.45, 7) is 2.72. The van der Waals surface area contributed by atoms with Gasteiger partial charge in [-0.25, -0.2) is 0 Å². The molecule has 1 aromatic carbocycles. The van der Waals surface area contributed by atoms with Crippen molar-refractivity contribution in [2.45, 2.75) is 31.5 Å². The molecule has 0 bridgehead atoms. The van der Waals surface area contributed by atoms with Crippen molar-refractivity contribution in [3.05, 3.63) is 42.1 Å². The van der Waals surface area contributed by atoms with Crippen molar-refractivity contribution >= 4 is 10.9 Å². The summed E-state index contributed by atoms with van der Waals surface area (Å²) in [5.74, 6) is 0. The predicted molar refractivity (Wildman–Crippen MR) is 70.3 cm³/mol. The van der Waals surface area contributed by atoms with Gasteiger partial charge in [-0.1, -0.05) is 12.1 Å². The van der Waals surface area contributed by atoms with Crippen LogP contribution in [-0.4, -0.2) is 22.3 Å². The molecule has 3 heteroatoms. The van der Waals surface area contributed by atoms with E-state index in [0.29, 0.717) is 0 Å². The third kappa shape index (κ3) is 1.89. The Morgan fingerprint density at radius 1 is 1.39 bits per heavy atom. The topological polar surface area (TPSA) is 42.4 Å². The normalized spacial score (nSPS) is 25.4. The molecule has 3 rings (SSSR count). The summed E-state index contributed by atoms with van der Waals surface area (Å²) >= 11 is 0. The molecule has 18 heavy (non-hydrogen) atoms. The van der Waals surface area contributed by atoms with Crippen LogP contribution in [0.3, 0.4) is 0 Å². The maximum absolute atomic E-state index is 10.5. The number of ether oxygens (including phenoxy) is 1. The summed E-state index contributed by atoms with van der Waals surface area (Å²) in [5, 5.41) is 11.5. The number of aromatic nitrogens is 1. The summed E-state index contributed by atoms with van der Waals surface area (Å²) in [7, 11) is 0. The van der Waals surface area contributed by atoms with Crippen molar-refractivity contribution in [3.8, 4) is 0 Å². The quantitative estimate of drug-likeness (QED) is 0.882. The molecule has 1 fully saturated rings. The molecule has 2 heterocycles. The van der Waals surface area contributed by atoms with Gasteiger partial charge in [0.1, 0.15) is 6.10 Å². The first-order valence-electron chi connectivity index (χ1n) is 6.36. The number of nitrogens with zero attached hydrogens (tertiary/aromatic N) is 1. The van der Waals surface area contributed by atoms with Crippen molar-refractivity contribution in [2.75, 3.05) is 6.61 Å². The van der Waals surface area contributed by atoms with E-state index in [1.54, 1.807) is 6.20 Å². The number of hydrogen-bond acceptors (Lipinski definition) is 3. The van der Waals surface area contributed by atoms with E-state index in [9.17, 15) is 5.11 Å². The van der Waals surface area contributed by atoms with Gasteiger partial charge in [0, 0.05) is 18.2 Å². The summed E-state index contributed by atoms with van der Waals surface area (Å²) in [6, 6.07) is 9.81. The second-order valence-corrected chi connectivity index (χ2v) is 5.12. The van der Waals surface area contributed by atoms with Gasteiger partial charge in [0.15, 0.2) is 0 Å². The Kier molecular flexibility index (Phi) is 2.80. The zero-order valence-corrected chi connectivity index (χ0v) is 10.5. The van der Waals surface area contributed by atoms with Gasteiger partial charge in [0.05, 0.1) is 11.1 Å². The summed E-state index contributed by atoms with van der Waals surface area (Å²) in [5.41, 5.74) is 1.40. The SMILES string of the molecule is CC1(C(O)c2ccc3ncccc3c2)CCCO1. The largest absolute Gasteiger partial charge is 0.385 e. The molecular formula is C15H17NO2. The van der Waals surface area contributed by atoms with Gasteiger partial charge < -0.3 is 9.84 Å². The molecule has 0 saturated carbocycles. The minimum absolute atomic E-state index is 0.449. The lowest BCUT2D eigenvalue weighted by Gasteiger charge is -2.29. The Bertz CT molecular complexity index is 561. The Hall–Kier alpha value is -1.45. The van der Waals surface area contributed by atoms with E-state index in [1.165, 1.54) is 0 Å². The first-order chi connectivity index (χ1) is 8.69. The van der Waals surface area contributed by atoms with E-state index in [4.69, 9.17) is 4.74 Å². The fourth-order valence-corrected chi connectivity index (χ4v) is 2.63. The Labute approximate surface area is 106 Å². The highest BCUT2D eigenvalue weighted by Crippen LogP contribution is 2.37. The van der Waals surface area contributed by atoms with Crippen LogP contribution < -0.4 is 0 Å². The zero-order chi connectivity index (χ0) is 12.6. The summed E-state index contributed by atoms with van der Waals surface area (Å²) in [4.78, 5) is 4.28. The van der Waals surface area contributed by atoms with Crippen molar-refractivity contribution in [1.29, 1.82) is 0 Å².